The molecule has 2 atom stereocenters. The van der Waals surface area contributed by atoms with Crippen LogP contribution in [0.4, 0.5) is 23.7 Å². The van der Waals surface area contributed by atoms with E-state index < -0.39 is 32.8 Å². The molecule has 2 heterocycles. The van der Waals surface area contributed by atoms with Crippen molar-refractivity contribution in [3.8, 4) is 0 Å². The van der Waals surface area contributed by atoms with Gasteiger partial charge in [-0.3, -0.25) is 4.98 Å². The maximum absolute atomic E-state index is 13.5. The van der Waals surface area contributed by atoms with Crippen LogP contribution in [-0.2, 0) is 15.7 Å². The van der Waals surface area contributed by atoms with Crippen LogP contribution >= 0.6 is 0 Å². The first-order chi connectivity index (χ1) is 14.5. The van der Waals surface area contributed by atoms with Gasteiger partial charge < -0.3 is 5.32 Å². The highest BCUT2D eigenvalue weighted by atomic mass is 32.2. The molecule has 8 nitrogen and oxygen atoms in total. The summed E-state index contributed by atoms with van der Waals surface area (Å²) < 4.78 is 67.6. The maximum Gasteiger partial charge on any atom is 0.426 e. The molecule has 0 bridgehead atoms. The molecule has 0 radical (unpaired) electrons. The number of nitrogens with zero attached hydrogens (tertiary/aromatic N) is 2. The molecule has 3 N–H and O–H groups in total. The van der Waals surface area contributed by atoms with Crippen LogP contribution in [0.2, 0.25) is 0 Å². The minimum absolute atomic E-state index is 0.277. The van der Waals surface area contributed by atoms with E-state index >= 15 is 0 Å². The van der Waals surface area contributed by atoms with E-state index in [1.165, 1.54) is 19.3 Å². The summed E-state index contributed by atoms with van der Waals surface area (Å²) in [4.78, 5) is 16.0. The number of nitrogens with one attached hydrogen (secondary N) is 3. The standard InChI is InChI=1S/C19H16F3N5O3S/c1-27-18(26-27,19(20,21)22)13-7-3-8-14(11-13)31(29,30)25-17(28)24-15-9-2-5-12-6-4-10-23-16(12)15/h2-11,26H,1H3,(H2,24,25,28). The zero-order valence-corrected chi connectivity index (χ0v) is 16.8. The predicted octanol–water partition coefficient (Wildman–Crippen LogP) is 2.91. The molecule has 2 amide bonds. The van der Waals surface area contributed by atoms with Crippen molar-refractivity contribution in [1.29, 1.82) is 0 Å². The van der Waals surface area contributed by atoms with Gasteiger partial charge in [0.25, 0.3) is 10.0 Å². The summed E-state index contributed by atoms with van der Waals surface area (Å²) in [7, 11) is -3.25. The second-order valence-corrected chi connectivity index (χ2v) is 8.53. The van der Waals surface area contributed by atoms with Gasteiger partial charge in [0.1, 0.15) is 0 Å². The number of para-hydroxylation sites is 1. The van der Waals surface area contributed by atoms with Crippen LogP contribution in [0.25, 0.3) is 10.9 Å². The summed E-state index contributed by atoms with van der Waals surface area (Å²) in [6.45, 7) is 0. The van der Waals surface area contributed by atoms with E-state index in [1.807, 2.05) is 4.72 Å². The summed E-state index contributed by atoms with van der Waals surface area (Å²) in [6, 6.07) is 11.7. The summed E-state index contributed by atoms with van der Waals surface area (Å²) in [6.07, 6.45) is -3.16. The monoisotopic (exact) mass is 451 g/mol. The van der Waals surface area contributed by atoms with Crippen molar-refractivity contribution in [2.24, 2.45) is 0 Å². The van der Waals surface area contributed by atoms with Gasteiger partial charge in [0.05, 0.1) is 16.1 Å². The zero-order chi connectivity index (χ0) is 22.4. The van der Waals surface area contributed by atoms with Crippen molar-refractivity contribution in [3.63, 3.8) is 0 Å². The number of fused-ring (bicyclic) bond motifs is 1. The number of halogens is 3. The van der Waals surface area contributed by atoms with Gasteiger partial charge in [-0.1, -0.05) is 30.3 Å². The molecule has 31 heavy (non-hydrogen) atoms. The minimum Gasteiger partial charge on any atom is -0.305 e. The van der Waals surface area contributed by atoms with Gasteiger partial charge in [-0.15, -0.1) is 0 Å². The molecule has 1 fully saturated rings. The van der Waals surface area contributed by atoms with Crippen molar-refractivity contribution in [2.45, 2.75) is 16.7 Å². The van der Waals surface area contributed by atoms with Gasteiger partial charge in [-0.25, -0.2) is 28.4 Å². The van der Waals surface area contributed by atoms with E-state index in [0.29, 0.717) is 5.52 Å². The number of hydrazine groups is 1. The van der Waals surface area contributed by atoms with Gasteiger partial charge >= 0.3 is 12.2 Å². The van der Waals surface area contributed by atoms with Crippen LogP contribution < -0.4 is 15.5 Å². The Bertz CT molecular complexity index is 1280. The Kier molecular flexibility index (Phi) is 4.87. The fourth-order valence-corrected chi connectivity index (χ4v) is 4.27. The van der Waals surface area contributed by atoms with Crippen LogP contribution in [0.3, 0.4) is 0 Å². The van der Waals surface area contributed by atoms with Crippen molar-refractivity contribution < 1.29 is 26.4 Å². The Morgan fingerprint density at radius 1 is 1.13 bits per heavy atom. The number of amides is 2. The number of hydrogen-bond acceptors (Lipinski definition) is 6. The zero-order valence-electron chi connectivity index (χ0n) is 15.9. The number of carbonyl (C=O) groups excluding carboxylic acids is 1. The molecule has 0 aliphatic carbocycles. The summed E-state index contributed by atoms with van der Waals surface area (Å²) in [5.41, 5.74) is 0.115. The highest BCUT2D eigenvalue weighted by Crippen LogP contribution is 2.48. The Morgan fingerprint density at radius 2 is 1.81 bits per heavy atom. The molecule has 1 aliphatic heterocycles. The topological polar surface area (TPSA) is 113 Å². The van der Waals surface area contributed by atoms with E-state index in [1.54, 1.807) is 30.3 Å². The fourth-order valence-electron chi connectivity index (χ4n) is 3.32. The number of anilines is 1. The fraction of sp³-hybridized carbons (Fsp3) is 0.158. The number of urea groups is 1. The number of carbonyl (C=O) groups is 1. The largest absolute Gasteiger partial charge is 0.426 e. The Hall–Kier alpha value is -3.22. The summed E-state index contributed by atoms with van der Waals surface area (Å²) in [5, 5.41) is 3.96. The van der Waals surface area contributed by atoms with Crippen molar-refractivity contribution in [1.82, 2.24) is 20.1 Å². The first-order valence-corrected chi connectivity index (χ1v) is 10.4. The second kappa shape index (κ2) is 7.18. The van der Waals surface area contributed by atoms with E-state index in [9.17, 15) is 26.4 Å². The first-order valence-electron chi connectivity index (χ1n) is 8.91. The molecule has 1 saturated heterocycles. The molecule has 3 aromatic rings. The Balaban J connectivity index is 1.58. The lowest BCUT2D eigenvalue weighted by Gasteiger charge is -2.18. The maximum atomic E-state index is 13.5. The van der Waals surface area contributed by atoms with Gasteiger partial charge in [-0.05, 0) is 29.8 Å². The Morgan fingerprint density at radius 3 is 2.48 bits per heavy atom. The lowest BCUT2D eigenvalue weighted by Crippen LogP contribution is -2.36. The highest BCUT2D eigenvalue weighted by molar-refractivity contribution is 7.90. The summed E-state index contributed by atoms with van der Waals surface area (Å²) in [5.74, 6) is 0. The lowest BCUT2D eigenvalue weighted by molar-refractivity contribution is -0.174. The number of rotatable bonds is 4. The molecule has 2 unspecified atom stereocenters. The van der Waals surface area contributed by atoms with E-state index in [0.717, 1.165) is 28.6 Å². The van der Waals surface area contributed by atoms with Gasteiger partial charge in [-0.2, -0.15) is 13.2 Å². The quantitative estimate of drug-likeness (QED) is 0.526. The Labute approximate surface area is 175 Å². The number of alkyl halides is 3. The normalized spacial score (nSPS) is 21.0. The number of aromatic nitrogens is 1. The molecule has 0 spiro atoms. The molecule has 1 aliphatic rings. The minimum atomic E-state index is -4.68. The predicted molar refractivity (Wildman–Crippen MR) is 106 cm³/mol. The van der Waals surface area contributed by atoms with Crippen LogP contribution in [0, 0.1) is 0 Å². The molecule has 4 rings (SSSR count). The number of pyridine rings is 1. The SMILES string of the molecule is CN1NC1(c1cccc(S(=O)(=O)NC(=O)Nc2cccc3cccnc23)c1)C(F)(F)F. The first kappa shape index (κ1) is 21.0. The van der Waals surface area contributed by atoms with Crippen molar-refractivity contribution in [2.75, 3.05) is 12.4 Å². The lowest BCUT2D eigenvalue weighted by atomic mass is 10.0. The van der Waals surface area contributed by atoms with Crippen LogP contribution in [-0.4, -0.2) is 37.7 Å². The molecule has 0 saturated carbocycles. The molecular formula is C19H16F3N5O3S. The second-order valence-electron chi connectivity index (χ2n) is 6.85. The third kappa shape index (κ3) is 3.69. The van der Waals surface area contributed by atoms with Gasteiger partial charge in [0, 0.05) is 18.6 Å². The highest BCUT2D eigenvalue weighted by Gasteiger charge is 2.69. The van der Waals surface area contributed by atoms with Crippen molar-refractivity contribution >= 4 is 32.6 Å². The average Bonchev–Trinajstić information content (AvgIpc) is 3.41. The number of benzene rings is 2. The average molecular weight is 451 g/mol. The van der Waals surface area contributed by atoms with Crippen LogP contribution in [0.1, 0.15) is 5.56 Å². The van der Waals surface area contributed by atoms with Gasteiger partial charge in [0.2, 0.25) is 5.66 Å². The van der Waals surface area contributed by atoms with E-state index in [-0.39, 0.29) is 11.3 Å². The molecule has 162 valence electrons. The molecular weight excluding hydrogens is 435 g/mol. The molecule has 1 aromatic heterocycles. The van der Waals surface area contributed by atoms with Crippen LogP contribution in [0.15, 0.2) is 65.7 Å². The third-order valence-corrected chi connectivity index (χ3v) is 6.19. The smallest absolute Gasteiger partial charge is 0.305 e. The van der Waals surface area contributed by atoms with E-state index in [4.69, 9.17) is 0 Å². The van der Waals surface area contributed by atoms with Crippen LogP contribution in [0.5, 0.6) is 0 Å². The van der Waals surface area contributed by atoms with Gasteiger partial charge in [0.15, 0.2) is 0 Å². The van der Waals surface area contributed by atoms with Crippen molar-refractivity contribution in [3.05, 3.63) is 66.4 Å². The third-order valence-electron chi connectivity index (χ3n) is 4.86. The number of sulfonamides is 1. The molecule has 2 aromatic carbocycles. The number of hydrogen-bond donors (Lipinski definition) is 3. The summed E-state index contributed by atoms with van der Waals surface area (Å²) >= 11 is 0. The van der Waals surface area contributed by atoms with E-state index in [2.05, 4.69) is 15.7 Å². The molecule has 12 heteroatoms.